The summed E-state index contributed by atoms with van der Waals surface area (Å²) in [5.74, 6) is 0.812. The topological polar surface area (TPSA) is 21.3 Å². The lowest BCUT2D eigenvalue weighted by molar-refractivity contribution is -0.0696. The number of benzene rings is 1. The Kier molecular flexibility index (Phi) is 4.42. The second-order valence-corrected chi connectivity index (χ2v) is 6.15. The van der Waals surface area contributed by atoms with Gasteiger partial charge in [-0.15, -0.1) is 0 Å². The van der Waals surface area contributed by atoms with E-state index < -0.39 is 0 Å². The molecule has 1 fully saturated rings. The Morgan fingerprint density at radius 3 is 2.74 bits per heavy atom. The molecule has 1 aromatic carbocycles. The van der Waals surface area contributed by atoms with Crippen LogP contribution < -0.4 is 10.1 Å². The van der Waals surface area contributed by atoms with Crippen LogP contribution in [-0.4, -0.2) is 18.7 Å². The number of halogens is 1. The number of rotatable bonds is 5. The molecule has 1 aromatic rings. The molecule has 1 aliphatic rings. The highest BCUT2D eigenvalue weighted by Gasteiger charge is 2.51. The fraction of sp³-hybridized carbons (Fsp3) is 0.625. The fourth-order valence-corrected chi connectivity index (χ4v) is 3.17. The molecule has 0 aromatic heterocycles. The highest BCUT2D eigenvalue weighted by Crippen LogP contribution is 2.46. The third-order valence-electron chi connectivity index (χ3n) is 4.55. The standard InChI is InChI=1S/C16H24ClNO/c1-5-16(4)14(18-6-2)10-15(16)19-13-8-7-11(3)9-12(13)17/h7-9,14-15,18H,5-6,10H2,1-4H3. The van der Waals surface area contributed by atoms with E-state index in [2.05, 4.69) is 26.1 Å². The molecule has 3 atom stereocenters. The molecule has 0 bridgehead atoms. The second kappa shape index (κ2) is 5.72. The van der Waals surface area contributed by atoms with Crippen LogP contribution in [-0.2, 0) is 0 Å². The Bertz CT molecular complexity index is 448. The summed E-state index contributed by atoms with van der Waals surface area (Å²) in [5.41, 5.74) is 1.36. The smallest absolute Gasteiger partial charge is 0.138 e. The van der Waals surface area contributed by atoms with Gasteiger partial charge >= 0.3 is 0 Å². The van der Waals surface area contributed by atoms with E-state index >= 15 is 0 Å². The molecule has 0 amide bonds. The van der Waals surface area contributed by atoms with Gasteiger partial charge in [-0.1, -0.05) is 38.4 Å². The van der Waals surface area contributed by atoms with Crippen LogP contribution >= 0.6 is 11.6 Å². The van der Waals surface area contributed by atoms with Gasteiger partial charge in [-0.3, -0.25) is 0 Å². The van der Waals surface area contributed by atoms with Crippen LogP contribution in [0.5, 0.6) is 5.75 Å². The molecule has 0 heterocycles. The minimum atomic E-state index is 0.199. The maximum atomic E-state index is 6.25. The molecule has 1 N–H and O–H groups in total. The lowest BCUT2D eigenvalue weighted by atomic mass is 9.61. The van der Waals surface area contributed by atoms with Crippen molar-refractivity contribution in [3.05, 3.63) is 28.8 Å². The molecule has 1 aliphatic carbocycles. The van der Waals surface area contributed by atoms with E-state index in [0.29, 0.717) is 11.1 Å². The van der Waals surface area contributed by atoms with Crippen molar-refractivity contribution >= 4 is 11.6 Å². The summed E-state index contributed by atoms with van der Waals surface area (Å²) in [4.78, 5) is 0. The van der Waals surface area contributed by atoms with Crippen molar-refractivity contribution in [3.8, 4) is 5.75 Å². The van der Waals surface area contributed by atoms with Crippen LogP contribution in [0.3, 0.4) is 0 Å². The summed E-state index contributed by atoms with van der Waals surface area (Å²) in [7, 11) is 0. The van der Waals surface area contributed by atoms with Gasteiger partial charge < -0.3 is 10.1 Å². The number of aryl methyl sites for hydroxylation is 1. The van der Waals surface area contributed by atoms with Gasteiger partial charge in [0.05, 0.1) is 5.02 Å². The van der Waals surface area contributed by atoms with E-state index in [-0.39, 0.29) is 11.5 Å². The van der Waals surface area contributed by atoms with Crippen LogP contribution in [0.15, 0.2) is 18.2 Å². The first kappa shape index (κ1) is 14.7. The van der Waals surface area contributed by atoms with Crippen molar-refractivity contribution in [3.63, 3.8) is 0 Å². The molecule has 0 radical (unpaired) electrons. The van der Waals surface area contributed by atoms with Gasteiger partial charge in [0.1, 0.15) is 11.9 Å². The minimum absolute atomic E-state index is 0.199. The van der Waals surface area contributed by atoms with Crippen molar-refractivity contribution in [2.45, 2.75) is 52.7 Å². The quantitative estimate of drug-likeness (QED) is 0.874. The van der Waals surface area contributed by atoms with Crippen LogP contribution in [0.1, 0.15) is 39.2 Å². The summed E-state index contributed by atoms with van der Waals surface area (Å²) < 4.78 is 6.15. The zero-order chi connectivity index (χ0) is 14.0. The number of nitrogens with one attached hydrogen (secondary N) is 1. The zero-order valence-corrected chi connectivity index (χ0v) is 13.1. The summed E-state index contributed by atoms with van der Waals surface area (Å²) in [6.45, 7) is 9.74. The van der Waals surface area contributed by atoms with E-state index in [1.807, 2.05) is 25.1 Å². The van der Waals surface area contributed by atoms with E-state index in [9.17, 15) is 0 Å². The van der Waals surface area contributed by atoms with Crippen molar-refractivity contribution in [1.82, 2.24) is 5.32 Å². The van der Waals surface area contributed by atoms with E-state index in [0.717, 1.165) is 30.7 Å². The van der Waals surface area contributed by atoms with E-state index in [1.54, 1.807) is 0 Å². The molecule has 0 aliphatic heterocycles. The van der Waals surface area contributed by atoms with Crippen LogP contribution in [0.25, 0.3) is 0 Å². The van der Waals surface area contributed by atoms with Gasteiger partial charge in [-0.2, -0.15) is 0 Å². The first-order chi connectivity index (χ1) is 9.01. The average molecular weight is 282 g/mol. The second-order valence-electron chi connectivity index (χ2n) is 5.75. The van der Waals surface area contributed by atoms with Crippen LogP contribution in [0.4, 0.5) is 0 Å². The normalized spacial score (nSPS) is 29.9. The van der Waals surface area contributed by atoms with Crippen LogP contribution in [0, 0.1) is 12.3 Å². The van der Waals surface area contributed by atoms with Gasteiger partial charge in [0, 0.05) is 17.9 Å². The molecule has 19 heavy (non-hydrogen) atoms. The number of ether oxygens (including phenoxy) is 1. The van der Waals surface area contributed by atoms with Gasteiger partial charge in [-0.05, 0) is 37.6 Å². The van der Waals surface area contributed by atoms with Gasteiger partial charge in [0.15, 0.2) is 0 Å². The monoisotopic (exact) mass is 281 g/mol. The van der Waals surface area contributed by atoms with Crippen LogP contribution in [0.2, 0.25) is 5.02 Å². The highest BCUT2D eigenvalue weighted by atomic mass is 35.5. The molecule has 106 valence electrons. The Balaban J connectivity index is 2.08. The predicted molar refractivity (Wildman–Crippen MR) is 81.1 cm³/mol. The highest BCUT2D eigenvalue weighted by molar-refractivity contribution is 6.32. The maximum absolute atomic E-state index is 6.25. The van der Waals surface area contributed by atoms with Gasteiger partial charge in [0.2, 0.25) is 0 Å². The Labute approximate surface area is 121 Å². The van der Waals surface area contributed by atoms with E-state index in [1.165, 1.54) is 0 Å². The lowest BCUT2D eigenvalue weighted by Crippen LogP contribution is -2.63. The zero-order valence-electron chi connectivity index (χ0n) is 12.3. The van der Waals surface area contributed by atoms with Crippen molar-refractivity contribution in [2.75, 3.05) is 6.54 Å². The maximum Gasteiger partial charge on any atom is 0.138 e. The summed E-state index contributed by atoms with van der Waals surface area (Å²) in [5, 5.41) is 4.26. The summed E-state index contributed by atoms with van der Waals surface area (Å²) in [6.07, 6.45) is 2.42. The molecule has 0 saturated heterocycles. The Morgan fingerprint density at radius 2 is 2.16 bits per heavy atom. The molecule has 3 heteroatoms. The van der Waals surface area contributed by atoms with Gasteiger partial charge in [-0.25, -0.2) is 0 Å². The Morgan fingerprint density at radius 1 is 1.42 bits per heavy atom. The first-order valence-electron chi connectivity index (χ1n) is 7.17. The predicted octanol–water partition coefficient (Wildman–Crippen LogP) is 4.19. The third-order valence-corrected chi connectivity index (χ3v) is 4.85. The largest absolute Gasteiger partial charge is 0.488 e. The molecule has 2 nitrogen and oxygen atoms in total. The van der Waals surface area contributed by atoms with Gasteiger partial charge in [0.25, 0.3) is 0 Å². The lowest BCUT2D eigenvalue weighted by Gasteiger charge is -2.53. The minimum Gasteiger partial charge on any atom is -0.488 e. The fourth-order valence-electron chi connectivity index (χ4n) is 2.89. The molecular formula is C16H24ClNO. The van der Waals surface area contributed by atoms with Crippen molar-refractivity contribution in [1.29, 1.82) is 0 Å². The summed E-state index contributed by atoms with van der Waals surface area (Å²) in [6, 6.07) is 6.54. The molecule has 2 rings (SSSR count). The Hall–Kier alpha value is -0.730. The molecular weight excluding hydrogens is 258 g/mol. The van der Waals surface area contributed by atoms with Crippen molar-refractivity contribution in [2.24, 2.45) is 5.41 Å². The van der Waals surface area contributed by atoms with E-state index in [4.69, 9.17) is 16.3 Å². The molecule has 0 spiro atoms. The van der Waals surface area contributed by atoms with Crippen molar-refractivity contribution < 1.29 is 4.74 Å². The molecule has 1 saturated carbocycles. The number of hydrogen-bond acceptors (Lipinski definition) is 2. The molecule has 3 unspecified atom stereocenters. The average Bonchev–Trinajstić information content (AvgIpc) is 2.39. The third kappa shape index (κ3) is 2.75. The SMILES string of the molecule is CCNC1CC(Oc2ccc(C)cc2Cl)C1(C)CC. The first-order valence-corrected chi connectivity index (χ1v) is 7.55. The number of hydrogen-bond donors (Lipinski definition) is 1. The summed E-state index contributed by atoms with van der Waals surface area (Å²) >= 11 is 6.25.